The molecule has 1 aromatic heterocycles. The molecular weight excluding hydrogens is 300 g/mol. The molecule has 2 aliphatic rings. The number of ether oxygens (including phenoxy) is 1. The lowest BCUT2D eigenvalue weighted by atomic mass is 9.93. The van der Waals surface area contributed by atoms with Gasteiger partial charge in [-0.05, 0) is 31.7 Å². The number of aliphatic hydroxyl groups excluding tert-OH is 2. The molecule has 0 spiro atoms. The molecule has 1 aliphatic heterocycles. The number of Topliss-reactive ketones (excluding diaryl/α,β-unsaturated/α-hetero) is 1. The summed E-state index contributed by atoms with van der Waals surface area (Å²) in [5, 5.41) is 22.1. The minimum absolute atomic E-state index is 0.0745. The number of hydrogen-bond donors (Lipinski definition) is 4. The zero-order valence-corrected chi connectivity index (χ0v) is 13.1. The zero-order chi connectivity index (χ0) is 16.6. The Bertz CT molecular complexity index is 624. The maximum atomic E-state index is 12.5. The maximum Gasteiger partial charge on any atom is 0.268 e. The number of carbonyl (C=O) groups excluding carboxylic acids is 2. The molecule has 7 heteroatoms. The van der Waals surface area contributed by atoms with Crippen molar-refractivity contribution in [3.8, 4) is 0 Å². The highest BCUT2D eigenvalue weighted by Gasteiger charge is 2.34. The summed E-state index contributed by atoms with van der Waals surface area (Å²) in [6.07, 6.45) is 0.911. The van der Waals surface area contributed by atoms with E-state index in [1.165, 1.54) is 0 Å². The molecule has 7 nitrogen and oxygen atoms in total. The summed E-state index contributed by atoms with van der Waals surface area (Å²) in [6.45, 7) is 1.84. The van der Waals surface area contributed by atoms with Crippen LogP contribution in [0.2, 0.25) is 0 Å². The van der Waals surface area contributed by atoms with E-state index in [0.717, 1.165) is 18.5 Å². The number of aryl methyl sites for hydroxylation is 1. The van der Waals surface area contributed by atoms with Crippen molar-refractivity contribution < 1.29 is 24.5 Å². The van der Waals surface area contributed by atoms with Crippen LogP contribution >= 0.6 is 0 Å². The van der Waals surface area contributed by atoms with Gasteiger partial charge in [0, 0.05) is 24.3 Å². The molecular formula is C16H22N2O5. The van der Waals surface area contributed by atoms with Crippen molar-refractivity contribution >= 4 is 11.7 Å². The Morgan fingerprint density at radius 1 is 1.43 bits per heavy atom. The molecule has 3 atom stereocenters. The normalized spacial score (nSPS) is 27.6. The van der Waals surface area contributed by atoms with Crippen LogP contribution in [0.5, 0.6) is 0 Å². The Kier molecular flexibility index (Phi) is 4.52. The molecule has 1 amide bonds. The lowest BCUT2D eigenvalue weighted by Crippen LogP contribution is -2.54. The molecule has 1 fully saturated rings. The number of ketones is 1. The Balaban J connectivity index is 1.78. The minimum Gasteiger partial charge on any atom is -0.394 e. The van der Waals surface area contributed by atoms with E-state index in [2.05, 4.69) is 10.3 Å². The summed E-state index contributed by atoms with van der Waals surface area (Å²) >= 11 is 0. The highest BCUT2D eigenvalue weighted by molar-refractivity contribution is 6.04. The van der Waals surface area contributed by atoms with Gasteiger partial charge < -0.3 is 25.3 Å². The van der Waals surface area contributed by atoms with E-state index in [4.69, 9.17) is 4.74 Å². The van der Waals surface area contributed by atoms with Crippen molar-refractivity contribution in [2.45, 2.75) is 50.9 Å². The summed E-state index contributed by atoms with van der Waals surface area (Å²) in [7, 11) is 0. The first kappa shape index (κ1) is 16.2. The molecule has 0 bridgehead atoms. The first-order chi connectivity index (χ1) is 11.0. The molecule has 1 saturated heterocycles. The quantitative estimate of drug-likeness (QED) is 0.630. The van der Waals surface area contributed by atoms with Crippen LogP contribution < -0.4 is 5.32 Å². The van der Waals surface area contributed by atoms with Gasteiger partial charge in [0.15, 0.2) is 5.78 Å². The van der Waals surface area contributed by atoms with Crippen LogP contribution in [0.1, 0.15) is 51.4 Å². The highest BCUT2D eigenvalue weighted by atomic mass is 16.5. The Morgan fingerprint density at radius 3 is 2.91 bits per heavy atom. The number of aromatic amines is 1. The van der Waals surface area contributed by atoms with E-state index in [-0.39, 0.29) is 18.3 Å². The van der Waals surface area contributed by atoms with Crippen LogP contribution in [0.4, 0.5) is 0 Å². The minimum atomic E-state index is -0.954. The second-order valence-corrected chi connectivity index (χ2v) is 6.21. The predicted octanol–water partition coefficient (Wildman–Crippen LogP) is 0.0826. The zero-order valence-electron chi connectivity index (χ0n) is 13.1. The molecule has 0 saturated carbocycles. The van der Waals surface area contributed by atoms with E-state index in [0.29, 0.717) is 36.3 Å². The fourth-order valence-corrected chi connectivity index (χ4v) is 3.43. The standard InChI is InChI=1S/C16H22N2O5/c1-8-13-9(3-2-4-11(13)20)17-14(8)16(22)18-10-5-6-23-12(7-19)15(10)21/h10,12,15,17,19,21H,2-7H2,1H3,(H,18,22)/t10-,12+,15-/m0/s1. The molecule has 0 aromatic carbocycles. The van der Waals surface area contributed by atoms with Gasteiger partial charge >= 0.3 is 0 Å². The van der Waals surface area contributed by atoms with Crippen LogP contribution in [-0.4, -0.2) is 58.4 Å². The third-order valence-corrected chi connectivity index (χ3v) is 4.71. The number of aromatic nitrogens is 1. The number of hydrogen-bond acceptors (Lipinski definition) is 5. The summed E-state index contributed by atoms with van der Waals surface area (Å²) in [5.74, 6) is -0.266. The number of nitrogens with one attached hydrogen (secondary N) is 2. The fourth-order valence-electron chi connectivity index (χ4n) is 3.43. The highest BCUT2D eigenvalue weighted by Crippen LogP contribution is 2.26. The Hall–Kier alpha value is -1.70. The molecule has 0 unspecified atom stereocenters. The van der Waals surface area contributed by atoms with Gasteiger partial charge in [-0.15, -0.1) is 0 Å². The second-order valence-electron chi connectivity index (χ2n) is 6.21. The summed E-state index contributed by atoms with van der Waals surface area (Å²) in [4.78, 5) is 27.6. The molecule has 23 heavy (non-hydrogen) atoms. The van der Waals surface area contributed by atoms with Gasteiger partial charge in [0.2, 0.25) is 0 Å². The first-order valence-corrected chi connectivity index (χ1v) is 7.99. The van der Waals surface area contributed by atoms with Gasteiger partial charge in [0.1, 0.15) is 17.9 Å². The number of carbonyl (C=O) groups is 2. The lowest BCUT2D eigenvalue weighted by Gasteiger charge is -2.34. The van der Waals surface area contributed by atoms with E-state index < -0.39 is 18.2 Å². The van der Waals surface area contributed by atoms with Gasteiger partial charge in [-0.25, -0.2) is 0 Å². The van der Waals surface area contributed by atoms with Crippen molar-refractivity contribution in [1.29, 1.82) is 0 Å². The maximum absolute atomic E-state index is 12.5. The van der Waals surface area contributed by atoms with Crippen LogP contribution in [0, 0.1) is 6.92 Å². The topological polar surface area (TPSA) is 112 Å². The average Bonchev–Trinajstić information content (AvgIpc) is 2.88. The molecule has 1 aliphatic carbocycles. The number of rotatable bonds is 3. The smallest absolute Gasteiger partial charge is 0.268 e. The first-order valence-electron chi connectivity index (χ1n) is 7.99. The molecule has 1 aromatic rings. The van der Waals surface area contributed by atoms with E-state index in [9.17, 15) is 19.8 Å². The van der Waals surface area contributed by atoms with Crippen molar-refractivity contribution in [1.82, 2.24) is 10.3 Å². The van der Waals surface area contributed by atoms with E-state index >= 15 is 0 Å². The lowest BCUT2D eigenvalue weighted by molar-refractivity contribution is -0.107. The Labute approximate surface area is 134 Å². The molecule has 0 radical (unpaired) electrons. The number of fused-ring (bicyclic) bond motifs is 1. The Morgan fingerprint density at radius 2 is 2.22 bits per heavy atom. The van der Waals surface area contributed by atoms with Crippen molar-refractivity contribution in [2.75, 3.05) is 13.2 Å². The molecule has 126 valence electrons. The fraction of sp³-hybridized carbons (Fsp3) is 0.625. The third kappa shape index (κ3) is 2.91. The van der Waals surface area contributed by atoms with Crippen LogP contribution in [0.25, 0.3) is 0 Å². The van der Waals surface area contributed by atoms with Crippen LogP contribution in [0.3, 0.4) is 0 Å². The SMILES string of the molecule is Cc1c(C(=O)N[C@H]2CCO[C@H](CO)[C@H]2O)[nH]c2c1C(=O)CCC2. The summed E-state index contributed by atoms with van der Waals surface area (Å²) in [6, 6.07) is -0.483. The molecule has 4 N–H and O–H groups in total. The van der Waals surface area contributed by atoms with Crippen molar-refractivity contribution in [3.05, 3.63) is 22.5 Å². The van der Waals surface area contributed by atoms with Gasteiger partial charge in [0.05, 0.1) is 12.6 Å². The number of H-pyrrole nitrogens is 1. The molecule has 2 heterocycles. The van der Waals surface area contributed by atoms with Gasteiger partial charge in [-0.2, -0.15) is 0 Å². The van der Waals surface area contributed by atoms with E-state index in [1.807, 2.05) is 0 Å². The number of amides is 1. The van der Waals surface area contributed by atoms with Crippen LogP contribution in [0.15, 0.2) is 0 Å². The number of aliphatic hydroxyl groups is 2. The van der Waals surface area contributed by atoms with Gasteiger partial charge in [0.25, 0.3) is 5.91 Å². The van der Waals surface area contributed by atoms with Crippen molar-refractivity contribution in [2.24, 2.45) is 0 Å². The van der Waals surface area contributed by atoms with Gasteiger partial charge in [-0.1, -0.05) is 0 Å². The predicted molar refractivity (Wildman–Crippen MR) is 81.5 cm³/mol. The van der Waals surface area contributed by atoms with E-state index in [1.54, 1.807) is 6.92 Å². The molecule has 3 rings (SSSR count). The summed E-state index contributed by atoms with van der Waals surface area (Å²) < 4.78 is 5.26. The van der Waals surface area contributed by atoms with Gasteiger partial charge in [-0.3, -0.25) is 9.59 Å². The van der Waals surface area contributed by atoms with Crippen molar-refractivity contribution in [3.63, 3.8) is 0 Å². The largest absolute Gasteiger partial charge is 0.394 e. The summed E-state index contributed by atoms with van der Waals surface area (Å²) in [5.41, 5.74) is 2.51. The third-order valence-electron chi connectivity index (χ3n) is 4.71. The van der Waals surface area contributed by atoms with Crippen LogP contribution in [-0.2, 0) is 11.2 Å². The second kappa shape index (κ2) is 6.43. The average molecular weight is 322 g/mol. The monoisotopic (exact) mass is 322 g/mol.